The van der Waals surface area contributed by atoms with E-state index in [2.05, 4.69) is 10.3 Å². The average molecular weight is 329 g/mol. The summed E-state index contributed by atoms with van der Waals surface area (Å²) in [5.41, 5.74) is 7.44. The van der Waals surface area contributed by atoms with Crippen LogP contribution >= 0.6 is 0 Å². The topological polar surface area (TPSA) is 95.7 Å². The quantitative estimate of drug-likeness (QED) is 0.892. The molecule has 7 nitrogen and oxygen atoms in total. The molecule has 1 atom stereocenters. The lowest BCUT2D eigenvalue weighted by Gasteiger charge is -2.27. The van der Waals surface area contributed by atoms with Crippen molar-refractivity contribution in [1.82, 2.24) is 4.98 Å². The molecule has 126 valence electrons. The van der Waals surface area contributed by atoms with E-state index in [0.717, 1.165) is 11.1 Å². The molecule has 7 heteroatoms. The molecule has 0 fully saturated rings. The number of pyridine rings is 1. The highest BCUT2D eigenvalue weighted by atomic mass is 16.5. The SMILES string of the molecule is COc1ccc(C2CC(=O)Nc3nc(N)ccc32)c(OC)c1OC. The van der Waals surface area contributed by atoms with Crippen LogP contribution < -0.4 is 25.3 Å². The van der Waals surface area contributed by atoms with Gasteiger partial charge in [0.1, 0.15) is 11.6 Å². The minimum Gasteiger partial charge on any atom is -0.493 e. The highest BCUT2D eigenvalue weighted by Gasteiger charge is 2.31. The molecule has 1 aliphatic rings. The molecule has 0 saturated carbocycles. The van der Waals surface area contributed by atoms with Gasteiger partial charge in [0.2, 0.25) is 11.7 Å². The van der Waals surface area contributed by atoms with Gasteiger partial charge in [0.15, 0.2) is 11.5 Å². The molecule has 0 bridgehead atoms. The molecule has 0 radical (unpaired) electrons. The molecule has 2 heterocycles. The summed E-state index contributed by atoms with van der Waals surface area (Å²) in [6.45, 7) is 0. The highest BCUT2D eigenvalue weighted by molar-refractivity contribution is 5.94. The number of ether oxygens (including phenoxy) is 3. The van der Waals surface area contributed by atoms with Gasteiger partial charge in [0, 0.05) is 23.5 Å². The van der Waals surface area contributed by atoms with Crippen LogP contribution in [0.5, 0.6) is 17.2 Å². The van der Waals surface area contributed by atoms with Gasteiger partial charge in [-0.15, -0.1) is 0 Å². The second kappa shape index (κ2) is 6.27. The summed E-state index contributed by atoms with van der Waals surface area (Å²) >= 11 is 0. The molecule has 0 spiro atoms. The maximum absolute atomic E-state index is 12.1. The molecular formula is C17H19N3O4. The van der Waals surface area contributed by atoms with Gasteiger partial charge >= 0.3 is 0 Å². The molecule has 1 aromatic carbocycles. The summed E-state index contributed by atoms with van der Waals surface area (Å²) in [7, 11) is 4.67. The van der Waals surface area contributed by atoms with Gasteiger partial charge in [-0.2, -0.15) is 0 Å². The van der Waals surface area contributed by atoms with E-state index in [1.54, 1.807) is 33.5 Å². The fourth-order valence-corrected chi connectivity index (χ4v) is 3.02. The van der Waals surface area contributed by atoms with Gasteiger partial charge in [0.05, 0.1) is 21.3 Å². The van der Waals surface area contributed by atoms with E-state index in [1.807, 2.05) is 12.1 Å². The average Bonchev–Trinajstić information content (AvgIpc) is 2.59. The Bertz CT molecular complexity index is 792. The molecule has 1 aliphatic heterocycles. The van der Waals surface area contributed by atoms with Crippen LogP contribution in [0.15, 0.2) is 24.3 Å². The Morgan fingerprint density at radius 1 is 1.04 bits per heavy atom. The summed E-state index contributed by atoms with van der Waals surface area (Å²) in [5.74, 6) is 2.10. The van der Waals surface area contributed by atoms with E-state index in [9.17, 15) is 4.79 Å². The normalized spacial score (nSPS) is 16.1. The van der Waals surface area contributed by atoms with Crippen LogP contribution in [0.25, 0.3) is 0 Å². The van der Waals surface area contributed by atoms with Crippen molar-refractivity contribution in [3.8, 4) is 17.2 Å². The van der Waals surface area contributed by atoms with Gasteiger partial charge in [-0.25, -0.2) is 4.98 Å². The first-order valence-corrected chi connectivity index (χ1v) is 7.44. The zero-order valence-electron chi connectivity index (χ0n) is 13.8. The Hall–Kier alpha value is -2.96. The third-order valence-corrected chi connectivity index (χ3v) is 4.08. The summed E-state index contributed by atoms with van der Waals surface area (Å²) in [6, 6.07) is 7.27. The van der Waals surface area contributed by atoms with E-state index in [-0.39, 0.29) is 18.2 Å². The summed E-state index contributed by atoms with van der Waals surface area (Å²) in [6.07, 6.45) is 0.282. The number of anilines is 2. The van der Waals surface area contributed by atoms with Crippen molar-refractivity contribution in [3.63, 3.8) is 0 Å². The fraction of sp³-hybridized carbons (Fsp3) is 0.294. The standard InChI is InChI=1S/C17H19N3O4/c1-22-12-6-4-9(15(23-2)16(12)24-3)11-8-14(21)20-17-10(11)5-7-13(18)19-17/h4-7,11H,8H2,1-3H3,(H3,18,19,20,21). The minimum atomic E-state index is -0.211. The van der Waals surface area contributed by atoms with Crippen molar-refractivity contribution < 1.29 is 19.0 Å². The number of carbonyl (C=O) groups excluding carboxylic acids is 1. The molecule has 1 aromatic heterocycles. The Kier molecular flexibility index (Phi) is 4.16. The zero-order valence-corrected chi connectivity index (χ0v) is 13.8. The number of benzene rings is 1. The second-order valence-electron chi connectivity index (χ2n) is 5.40. The number of hydrogen-bond donors (Lipinski definition) is 2. The highest BCUT2D eigenvalue weighted by Crippen LogP contribution is 2.47. The molecular weight excluding hydrogens is 310 g/mol. The van der Waals surface area contributed by atoms with Crippen molar-refractivity contribution in [3.05, 3.63) is 35.4 Å². The predicted molar refractivity (Wildman–Crippen MR) is 89.8 cm³/mol. The maximum Gasteiger partial charge on any atom is 0.226 e. The van der Waals surface area contributed by atoms with Crippen LogP contribution in [0.1, 0.15) is 23.5 Å². The largest absolute Gasteiger partial charge is 0.493 e. The third kappa shape index (κ3) is 2.58. The van der Waals surface area contributed by atoms with Gasteiger partial charge in [-0.1, -0.05) is 12.1 Å². The Morgan fingerprint density at radius 2 is 1.75 bits per heavy atom. The fourth-order valence-electron chi connectivity index (χ4n) is 3.02. The zero-order chi connectivity index (χ0) is 17.3. The number of hydrogen-bond acceptors (Lipinski definition) is 6. The first-order valence-electron chi connectivity index (χ1n) is 7.44. The van der Waals surface area contributed by atoms with Gasteiger partial charge in [-0.05, 0) is 12.1 Å². The molecule has 3 N–H and O–H groups in total. The maximum atomic E-state index is 12.1. The molecule has 2 aromatic rings. The van der Waals surface area contributed by atoms with Gasteiger partial charge < -0.3 is 25.3 Å². The molecule has 0 aliphatic carbocycles. The van der Waals surface area contributed by atoms with Gasteiger partial charge in [-0.3, -0.25) is 4.79 Å². The number of nitrogens with two attached hydrogens (primary N) is 1. The van der Waals surface area contributed by atoms with E-state index in [0.29, 0.717) is 28.9 Å². The lowest BCUT2D eigenvalue weighted by molar-refractivity contribution is -0.116. The van der Waals surface area contributed by atoms with Crippen molar-refractivity contribution in [2.24, 2.45) is 0 Å². The third-order valence-electron chi connectivity index (χ3n) is 4.08. The van der Waals surface area contributed by atoms with E-state index in [1.165, 1.54) is 0 Å². The Labute approximate surface area is 139 Å². The number of nitrogen functional groups attached to an aromatic ring is 1. The lowest BCUT2D eigenvalue weighted by atomic mass is 9.85. The number of rotatable bonds is 4. The number of nitrogens with one attached hydrogen (secondary N) is 1. The molecule has 1 amide bonds. The van der Waals surface area contributed by atoms with Crippen LogP contribution in [0.4, 0.5) is 11.6 Å². The van der Waals surface area contributed by atoms with Crippen LogP contribution in [0.2, 0.25) is 0 Å². The number of methoxy groups -OCH3 is 3. The first-order chi connectivity index (χ1) is 11.6. The molecule has 1 unspecified atom stereocenters. The first kappa shape index (κ1) is 15.9. The second-order valence-corrected chi connectivity index (χ2v) is 5.40. The predicted octanol–water partition coefficient (Wildman–Crippen LogP) is 2.16. The van der Waals surface area contributed by atoms with Crippen LogP contribution in [-0.2, 0) is 4.79 Å². The number of fused-ring (bicyclic) bond motifs is 1. The number of amides is 1. The smallest absolute Gasteiger partial charge is 0.226 e. The monoisotopic (exact) mass is 329 g/mol. The minimum absolute atomic E-state index is 0.123. The summed E-state index contributed by atoms with van der Waals surface area (Å²) in [5, 5.41) is 2.76. The van der Waals surface area contributed by atoms with Gasteiger partial charge in [0.25, 0.3) is 0 Å². The Morgan fingerprint density at radius 3 is 2.42 bits per heavy atom. The Balaban J connectivity index is 2.18. The summed E-state index contributed by atoms with van der Waals surface area (Å²) < 4.78 is 16.3. The van der Waals surface area contributed by atoms with E-state index >= 15 is 0 Å². The summed E-state index contributed by atoms with van der Waals surface area (Å²) in [4.78, 5) is 16.3. The van der Waals surface area contributed by atoms with Crippen LogP contribution in [0.3, 0.4) is 0 Å². The van der Waals surface area contributed by atoms with E-state index in [4.69, 9.17) is 19.9 Å². The van der Waals surface area contributed by atoms with Crippen molar-refractivity contribution in [2.45, 2.75) is 12.3 Å². The van der Waals surface area contributed by atoms with Crippen molar-refractivity contribution in [1.29, 1.82) is 0 Å². The van der Waals surface area contributed by atoms with Crippen molar-refractivity contribution in [2.75, 3.05) is 32.4 Å². The number of carbonyl (C=O) groups is 1. The van der Waals surface area contributed by atoms with E-state index < -0.39 is 0 Å². The molecule has 0 saturated heterocycles. The molecule has 3 rings (SSSR count). The van der Waals surface area contributed by atoms with Crippen molar-refractivity contribution >= 4 is 17.5 Å². The van der Waals surface area contributed by atoms with Crippen LogP contribution in [-0.4, -0.2) is 32.2 Å². The lowest BCUT2D eigenvalue weighted by Crippen LogP contribution is -2.25. The number of nitrogens with zero attached hydrogens (tertiary/aromatic N) is 1. The molecule has 24 heavy (non-hydrogen) atoms. The van der Waals surface area contributed by atoms with Crippen LogP contribution in [0, 0.1) is 0 Å². The number of aromatic nitrogens is 1.